The van der Waals surface area contributed by atoms with Gasteiger partial charge in [0.2, 0.25) is 0 Å². The summed E-state index contributed by atoms with van der Waals surface area (Å²) in [6.45, 7) is 0.403. The Morgan fingerprint density at radius 3 is 2.06 bits per heavy atom. The van der Waals surface area contributed by atoms with Gasteiger partial charge in [0.15, 0.2) is 0 Å². The molecule has 2 aromatic rings. The monoisotopic (exact) mass is 207 g/mol. The lowest BCUT2D eigenvalue weighted by Gasteiger charge is -2.00. The zero-order chi connectivity index (χ0) is 11.2. The maximum atomic E-state index is 5.32. The van der Waals surface area contributed by atoms with E-state index in [-0.39, 0.29) is 0 Å². The number of rotatable bonds is 1. The SMILES string of the molecule is NCC#Cc1ccc(-c2ccccc2)cc1. The maximum absolute atomic E-state index is 5.32. The minimum Gasteiger partial charge on any atom is -0.320 e. The van der Waals surface area contributed by atoms with Crippen LogP contribution in [0.5, 0.6) is 0 Å². The van der Waals surface area contributed by atoms with Gasteiger partial charge in [-0.05, 0) is 23.3 Å². The molecule has 0 aliphatic heterocycles. The Morgan fingerprint density at radius 2 is 1.44 bits per heavy atom. The zero-order valence-electron chi connectivity index (χ0n) is 8.98. The van der Waals surface area contributed by atoms with Crippen molar-refractivity contribution in [3.63, 3.8) is 0 Å². The third-order valence-electron chi connectivity index (χ3n) is 2.33. The van der Waals surface area contributed by atoms with E-state index in [4.69, 9.17) is 5.73 Å². The number of hydrogen-bond acceptors (Lipinski definition) is 1. The van der Waals surface area contributed by atoms with Gasteiger partial charge >= 0.3 is 0 Å². The molecule has 16 heavy (non-hydrogen) atoms. The molecule has 2 aromatic carbocycles. The zero-order valence-corrected chi connectivity index (χ0v) is 8.98. The molecule has 1 heteroatoms. The van der Waals surface area contributed by atoms with Gasteiger partial charge in [-0.25, -0.2) is 0 Å². The molecule has 0 aliphatic rings. The van der Waals surface area contributed by atoms with Crippen molar-refractivity contribution in [3.05, 3.63) is 60.2 Å². The summed E-state index contributed by atoms with van der Waals surface area (Å²) < 4.78 is 0. The van der Waals surface area contributed by atoms with Crippen molar-refractivity contribution >= 4 is 0 Å². The summed E-state index contributed by atoms with van der Waals surface area (Å²) in [6.07, 6.45) is 0. The smallest absolute Gasteiger partial charge is 0.0555 e. The minimum absolute atomic E-state index is 0.403. The molecule has 1 nitrogen and oxygen atoms in total. The number of nitrogens with two attached hydrogens (primary N) is 1. The maximum Gasteiger partial charge on any atom is 0.0555 e. The summed E-state index contributed by atoms with van der Waals surface area (Å²) in [4.78, 5) is 0. The van der Waals surface area contributed by atoms with E-state index in [1.54, 1.807) is 0 Å². The topological polar surface area (TPSA) is 26.0 Å². The largest absolute Gasteiger partial charge is 0.320 e. The molecule has 78 valence electrons. The molecule has 0 radical (unpaired) electrons. The van der Waals surface area contributed by atoms with Gasteiger partial charge in [0.25, 0.3) is 0 Å². The van der Waals surface area contributed by atoms with Crippen LogP contribution in [-0.2, 0) is 0 Å². The lowest BCUT2D eigenvalue weighted by atomic mass is 10.0. The van der Waals surface area contributed by atoms with E-state index in [2.05, 4.69) is 36.1 Å². The predicted octanol–water partition coefficient (Wildman–Crippen LogP) is 2.66. The standard InChI is InChI=1S/C15H13N/c16-12-4-5-13-8-10-15(11-9-13)14-6-2-1-3-7-14/h1-3,6-11H,12,16H2. The van der Waals surface area contributed by atoms with E-state index in [1.165, 1.54) is 11.1 Å². The summed E-state index contributed by atoms with van der Waals surface area (Å²) in [5.74, 6) is 5.85. The Bertz CT molecular complexity index is 501. The van der Waals surface area contributed by atoms with Crippen molar-refractivity contribution in [1.29, 1.82) is 0 Å². The summed E-state index contributed by atoms with van der Waals surface area (Å²) in [7, 11) is 0. The van der Waals surface area contributed by atoms with E-state index in [9.17, 15) is 0 Å². The third kappa shape index (κ3) is 2.50. The van der Waals surface area contributed by atoms with Gasteiger partial charge in [0.05, 0.1) is 6.54 Å². The van der Waals surface area contributed by atoms with E-state index < -0.39 is 0 Å². The molecule has 2 N–H and O–H groups in total. The van der Waals surface area contributed by atoms with Crippen molar-refractivity contribution in [2.45, 2.75) is 0 Å². The van der Waals surface area contributed by atoms with Gasteiger partial charge in [-0.1, -0.05) is 54.3 Å². The summed E-state index contributed by atoms with van der Waals surface area (Å²) in [5, 5.41) is 0. The fourth-order valence-electron chi connectivity index (χ4n) is 1.53. The Morgan fingerprint density at radius 1 is 0.812 bits per heavy atom. The Balaban J connectivity index is 2.26. The fourth-order valence-corrected chi connectivity index (χ4v) is 1.53. The van der Waals surface area contributed by atoms with E-state index >= 15 is 0 Å². The molecule has 0 unspecified atom stereocenters. The van der Waals surface area contributed by atoms with Crippen molar-refractivity contribution in [3.8, 4) is 23.0 Å². The summed E-state index contributed by atoms with van der Waals surface area (Å²) in [6, 6.07) is 18.5. The molecule has 2 rings (SSSR count). The van der Waals surface area contributed by atoms with Crippen LogP contribution in [0.2, 0.25) is 0 Å². The summed E-state index contributed by atoms with van der Waals surface area (Å²) >= 11 is 0. The lowest BCUT2D eigenvalue weighted by molar-refractivity contribution is 1.30. The lowest BCUT2D eigenvalue weighted by Crippen LogP contribution is -1.92. The molecule has 0 aromatic heterocycles. The fraction of sp³-hybridized carbons (Fsp3) is 0.0667. The molecule has 0 fully saturated rings. The molecular formula is C15H13N. The van der Waals surface area contributed by atoms with Crippen LogP contribution in [-0.4, -0.2) is 6.54 Å². The van der Waals surface area contributed by atoms with Crippen LogP contribution >= 0.6 is 0 Å². The first-order chi connectivity index (χ1) is 7.90. The average molecular weight is 207 g/mol. The second kappa shape index (κ2) is 5.16. The molecule has 0 atom stereocenters. The van der Waals surface area contributed by atoms with E-state index in [0.29, 0.717) is 6.54 Å². The van der Waals surface area contributed by atoms with Crippen LogP contribution in [0.25, 0.3) is 11.1 Å². The number of benzene rings is 2. The molecule has 0 amide bonds. The van der Waals surface area contributed by atoms with Gasteiger partial charge in [0, 0.05) is 5.56 Å². The highest BCUT2D eigenvalue weighted by Crippen LogP contribution is 2.18. The van der Waals surface area contributed by atoms with Crippen molar-refractivity contribution in [1.82, 2.24) is 0 Å². The van der Waals surface area contributed by atoms with Crippen molar-refractivity contribution < 1.29 is 0 Å². The third-order valence-corrected chi connectivity index (χ3v) is 2.33. The molecule has 0 spiro atoms. The van der Waals surface area contributed by atoms with Crippen LogP contribution in [0.3, 0.4) is 0 Å². The Labute approximate surface area is 95.9 Å². The summed E-state index contributed by atoms with van der Waals surface area (Å²) in [5.41, 5.74) is 8.76. The van der Waals surface area contributed by atoms with Crippen LogP contribution in [0.4, 0.5) is 0 Å². The molecule has 0 aliphatic carbocycles. The minimum atomic E-state index is 0.403. The van der Waals surface area contributed by atoms with Crippen LogP contribution in [0.15, 0.2) is 54.6 Å². The molecule has 0 heterocycles. The molecule has 0 saturated heterocycles. The van der Waals surface area contributed by atoms with Crippen LogP contribution in [0, 0.1) is 11.8 Å². The first-order valence-corrected chi connectivity index (χ1v) is 5.24. The van der Waals surface area contributed by atoms with Crippen molar-refractivity contribution in [2.75, 3.05) is 6.54 Å². The first kappa shape index (κ1) is 10.5. The van der Waals surface area contributed by atoms with Gasteiger partial charge in [0.1, 0.15) is 0 Å². The molecule has 0 bridgehead atoms. The molecular weight excluding hydrogens is 194 g/mol. The predicted molar refractivity (Wildman–Crippen MR) is 67.8 cm³/mol. The second-order valence-corrected chi connectivity index (χ2v) is 3.45. The molecule has 0 saturated carbocycles. The van der Waals surface area contributed by atoms with Gasteiger partial charge < -0.3 is 5.73 Å². The van der Waals surface area contributed by atoms with Crippen molar-refractivity contribution in [2.24, 2.45) is 5.73 Å². The quantitative estimate of drug-likeness (QED) is 0.715. The highest BCUT2D eigenvalue weighted by molar-refractivity contribution is 5.64. The van der Waals surface area contributed by atoms with E-state index in [0.717, 1.165) is 5.56 Å². The van der Waals surface area contributed by atoms with Gasteiger partial charge in [-0.2, -0.15) is 0 Å². The highest BCUT2D eigenvalue weighted by Gasteiger charge is 1.95. The van der Waals surface area contributed by atoms with Crippen LogP contribution < -0.4 is 5.73 Å². The van der Waals surface area contributed by atoms with Gasteiger partial charge in [-0.15, -0.1) is 0 Å². The number of hydrogen-bond donors (Lipinski definition) is 1. The Hall–Kier alpha value is -2.04. The Kier molecular flexibility index (Phi) is 3.38. The van der Waals surface area contributed by atoms with Crippen LogP contribution in [0.1, 0.15) is 5.56 Å². The second-order valence-electron chi connectivity index (χ2n) is 3.45. The normalized spacial score (nSPS) is 9.31. The van der Waals surface area contributed by atoms with Gasteiger partial charge in [-0.3, -0.25) is 0 Å². The average Bonchev–Trinajstić information content (AvgIpc) is 2.38. The first-order valence-electron chi connectivity index (χ1n) is 5.24. The van der Waals surface area contributed by atoms with E-state index in [1.807, 2.05) is 30.3 Å². The highest BCUT2D eigenvalue weighted by atomic mass is 14.5.